The van der Waals surface area contributed by atoms with Crippen LogP contribution in [0.15, 0.2) is 24.3 Å². The first-order chi connectivity index (χ1) is 12.7. The Hall–Kier alpha value is -2.13. The van der Waals surface area contributed by atoms with Gasteiger partial charge >= 0.3 is 0 Å². The van der Waals surface area contributed by atoms with Crippen LogP contribution in [0.1, 0.15) is 18.4 Å². The van der Waals surface area contributed by atoms with Crippen molar-refractivity contribution in [2.75, 3.05) is 27.0 Å². The van der Waals surface area contributed by atoms with E-state index in [1.807, 2.05) is 24.3 Å². The lowest BCUT2D eigenvalue weighted by atomic mass is 9.99. The van der Waals surface area contributed by atoms with Crippen molar-refractivity contribution in [3.63, 3.8) is 0 Å². The zero-order chi connectivity index (χ0) is 19.8. The van der Waals surface area contributed by atoms with Gasteiger partial charge in [-0.3, -0.25) is 9.59 Å². The molecule has 0 bridgehead atoms. The first kappa shape index (κ1) is 19.6. The van der Waals surface area contributed by atoms with Gasteiger partial charge in [0.15, 0.2) is 0 Å². The predicted molar refractivity (Wildman–Crippen MR) is 99.4 cm³/mol. The van der Waals surface area contributed by atoms with Crippen LogP contribution in [0.3, 0.4) is 0 Å². The second-order valence-corrected chi connectivity index (χ2v) is 9.26. The fourth-order valence-electron chi connectivity index (χ4n) is 3.88. The van der Waals surface area contributed by atoms with Gasteiger partial charge in [0, 0.05) is 26.1 Å². The molecular weight excluding hydrogens is 370 g/mol. The molecule has 148 valence electrons. The number of nitrogens with zero attached hydrogens (tertiary/aromatic N) is 1. The van der Waals surface area contributed by atoms with Crippen LogP contribution in [0, 0.1) is 11.3 Å². The summed E-state index contributed by atoms with van der Waals surface area (Å²) in [4.78, 5) is 24.7. The summed E-state index contributed by atoms with van der Waals surface area (Å²) in [5, 5.41) is 5.43. The van der Waals surface area contributed by atoms with Crippen molar-refractivity contribution in [3.05, 3.63) is 29.8 Å². The fraction of sp³-hybridized carbons (Fsp3) is 0.556. The van der Waals surface area contributed by atoms with Crippen molar-refractivity contribution < 1.29 is 22.7 Å². The van der Waals surface area contributed by atoms with Crippen molar-refractivity contribution in [3.8, 4) is 5.75 Å². The van der Waals surface area contributed by atoms with Crippen molar-refractivity contribution in [1.82, 2.24) is 14.9 Å². The van der Waals surface area contributed by atoms with E-state index in [-0.39, 0.29) is 24.3 Å². The van der Waals surface area contributed by atoms with Crippen LogP contribution in [-0.4, -0.2) is 57.5 Å². The van der Waals surface area contributed by atoms with E-state index in [2.05, 4.69) is 10.6 Å². The molecule has 0 unspecified atom stereocenters. The van der Waals surface area contributed by atoms with Crippen LogP contribution in [0.25, 0.3) is 0 Å². The van der Waals surface area contributed by atoms with Crippen LogP contribution in [0.2, 0.25) is 0 Å². The van der Waals surface area contributed by atoms with E-state index in [0.29, 0.717) is 19.4 Å². The molecule has 1 saturated heterocycles. The largest absolute Gasteiger partial charge is 0.497 e. The van der Waals surface area contributed by atoms with E-state index in [1.54, 1.807) is 7.11 Å². The Labute approximate surface area is 159 Å². The van der Waals surface area contributed by atoms with Gasteiger partial charge in [-0.1, -0.05) is 12.1 Å². The number of nitrogens with one attached hydrogen (secondary N) is 2. The molecule has 1 spiro atoms. The van der Waals surface area contributed by atoms with Crippen LogP contribution in [0.4, 0.5) is 0 Å². The van der Waals surface area contributed by atoms with Gasteiger partial charge < -0.3 is 15.4 Å². The molecule has 27 heavy (non-hydrogen) atoms. The minimum atomic E-state index is -3.52. The molecule has 2 N–H and O–H groups in total. The first-order valence-electron chi connectivity index (χ1n) is 8.79. The van der Waals surface area contributed by atoms with Crippen molar-refractivity contribution in [1.29, 1.82) is 0 Å². The molecule has 3 atom stereocenters. The zero-order valence-corrected chi connectivity index (χ0v) is 16.5. The Morgan fingerprint density at radius 1 is 1.22 bits per heavy atom. The van der Waals surface area contributed by atoms with E-state index >= 15 is 0 Å². The maximum Gasteiger partial charge on any atom is 0.238 e. The molecule has 1 heterocycles. The molecule has 0 aromatic heterocycles. The van der Waals surface area contributed by atoms with Crippen LogP contribution in [-0.2, 0) is 26.2 Å². The standard InChI is InChI=1S/C18H25N3O5S/c1-19-17(23)15-9-18(11-21(15)27(3,24)25)8-14(18)16(22)20-10-12-4-6-13(26-2)7-5-12/h4-7,14-15H,8-11H2,1-3H3,(H,19,23)(H,20,22)/t14-,15+,18+/m1/s1. The number of rotatable bonds is 6. The smallest absolute Gasteiger partial charge is 0.238 e. The molecule has 2 fully saturated rings. The third kappa shape index (κ3) is 3.93. The lowest BCUT2D eigenvalue weighted by molar-refractivity contribution is -0.124. The van der Waals surface area contributed by atoms with Crippen LogP contribution in [0.5, 0.6) is 5.75 Å². The molecule has 2 aliphatic rings. The molecule has 1 aliphatic heterocycles. The number of carbonyl (C=O) groups excluding carboxylic acids is 2. The summed E-state index contributed by atoms with van der Waals surface area (Å²) in [6, 6.07) is 6.67. The minimum absolute atomic E-state index is 0.100. The highest BCUT2D eigenvalue weighted by molar-refractivity contribution is 7.88. The average Bonchev–Trinajstić information content (AvgIpc) is 3.19. The molecule has 8 nitrogen and oxygen atoms in total. The average molecular weight is 395 g/mol. The molecule has 0 radical (unpaired) electrons. The number of amides is 2. The summed E-state index contributed by atoms with van der Waals surface area (Å²) < 4.78 is 30.4. The summed E-state index contributed by atoms with van der Waals surface area (Å²) in [6.45, 7) is 0.606. The van der Waals surface area contributed by atoms with Gasteiger partial charge in [0.05, 0.1) is 13.4 Å². The maximum atomic E-state index is 12.6. The number of hydrogen-bond acceptors (Lipinski definition) is 5. The number of likely N-dealkylation sites (N-methyl/N-ethyl adjacent to an activating group) is 1. The fourth-order valence-corrected chi connectivity index (χ4v) is 5.01. The van der Waals surface area contributed by atoms with Crippen molar-refractivity contribution in [2.24, 2.45) is 11.3 Å². The summed E-state index contributed by atoms with van der Waals surface area (Å²) >= 11 is 0. The second kappa shape index (κ2) is 7.12. The molecule has 2 amide bonds. The third-order valence-corrected chi connectivity index (χ3v) is 6.76. The zero-order valence-electron chi connectivity index (χ0n) is 15.7. The topological polar surface area (TPSA) is 105 Å². The molecular formula is C18H25N3O5S. The molecule has 1 aromatic rings. The summed E-state index contributed by atoms with van der Waals surface area (Å²) in [5.74, 6) is 0.0476. The van der Waals surface area contributed by atoms with E-state index < -0.39 is 21.5 Å². The number of ether oxygens (including phenoxy) is 1. The number of benzene rings is 1. The van der Waals surface area contributed by atoms with E-state index in [0.717, 1.165) is 17.6 Å². The van der Waals surface area contributed by atoms with Crippen LogP contribution < -0.4 is 15.4 Å². The molecule has 1 saturated carbocycles. The van der Waals surface area contributed by atoms with E-state index in [1.165, 1.54) is 11.4 Å². The molecule has 3 rings (SSSR count). The number of methoxy groups -OCH3 is 1. The highest BCUT2D eigenvalue weighted by Crippen LogP contribution is 2.60. The minimum Gasteiger partial charge on any atom is -0.497 e. The SMILES string of the molecule is CNC(=O)[C@@H]1C[C@@]2(C[C@@H]2C(=O)NCc2ccc(OC)cc2)CN1S(C)(=O)=O. The monoisotopic (exact) mass is 395 g/mol. The lowest BCUT2D eigenvalue weighted by Crippen LogP contribution is -2.44. The van der Waals surface area contributed by atoms with Gasteiger partial charge in [-0.25, -0.2) is 8.42 Å². The number of carbonyl (C=O) groups is 2. The number of sulfonamides is 1. The highest BCUT2D eigenvalue weighted by Gasteiger charge is 2.65. The van der Waals surface area contributed by atoms with Gasteiger partial charge in [0.2, 0.25) is 21.8 Å². The van der Waals surface area contributed by atoms with E-state index in [4.69, 9.17) is 4.74 Å². The predicted octanol–water partition coefficient (Wildman–Crippen LogP) is 0.0976. The summed E-state index contributed by atoms with van der Waals surface area (Å²) in [7, 11) is -0.440. The van der Waals surface area contributed by atoms with Crippen LogP contribution >= 0.6 is 0 Å². The Balaban J connectivity index is 1.63. The third-order valence-electron chi connectivity index (χ3n) is 5.53. The Kier molecular flexibility index (Phi) is 5.18. The van der Waals surface area contributed by atoms with Gasteiger partial charge in [0.1, 0.15) is 11.8 Å². The Bertz CT molecular complexity index is 839. The summed E-state index contributed by atoms with van der Waals surface area (Å²) in [6.07, 6.45) is 2.07. The number of hydrogen-bond donors (Lipinski definition) is 2. The van der Waals surface area contributed by atoms with Gasteiger partial charge in [-0.15, -0.1) is 0 Å². The maximum absolute atomic E-state index is 12.6. The molecule has 1 aliphatic carbocycles. The second-order valence-electron chi connectivity index (χ2n) is 7.33. The highest BCUT2D eigenvalue weighted by atomic mass is 32.2. The van der Waals surface area contributed by atoms with Crippen molar-refractivity contribution in [2.45, 2.75) is 25.4 Å². The molecule has 1 aromatic carbocycles. The quantitative estimate of drug-likeness (QED) is 0.711. The van der Waals surface area contributed by atoms with Gasteiger partial charge in [0.25, 0.3) is 0 Å². The van der Waals surface area contributed by atoms with Gasteiger partial charge in [-0.05, 0) is 36.0 Å². The Morgan fingerprint density at radius 2 is 1.89 bits per heavy atom. The first-order valence-corrected chi connectivity index (χ1v) is 10.6. The summed E-state index contributed by atoms with van der Waals surface area (Å²) in [5.41, 5.74) is 0.510. The lowest BCUT2D eigenvalue weighted by Gasteiger charge is -2.20. The Morgan fingerprint density at radius 3 is 2.44 bits per heavy atom. The molecule has 9 heteroatoms. The van der Waals surface area contributed by atoms with E-state index in [9.17, 15) is 18.0 Å². The van der Waals surface area contributed by atoms with Crippen molar-refractivity contribution >= 4 is 21.8 Å². The van der Waals surface area contributed by atoms with Gasteiger partial charge in [-0.2, -0.15) is 4.31 Å². The normalized spacial score (nSPS) is 27.4.